The standard InChI is InChI=1S/C19H20N2O3S2/c1-13-11-15(19(26-13)20-18(22)16-3-2-7-24-16)17(14-4-10-25-12-14)21-5-8-23-9-6-21/h2-4,7,10-12,17H,5-6,8-9H2,1H3,(H,20,22)/t17-/m1/s1. The average molecular weight is 389 g/mol. The zero-order valence-corrected chi connectivity index (χ0v) is 16.1. The molecule has 4 rings (SSSR count). The van der Waals surface area contributed by atoms with Crippen LogP contribution in [0.5, 0.6) is 0 Å². The summed E-state index contributed by atoms with van der Waals surface area (Å²) in [5.41, 5.74) is 2.39. The quantitative estimate of drug-likeness (QED) is 0.704. The van der Waals surface area contributed by atoms with E-state index in [-0.39, 0.29) is 11.9 Å². The van der Waals surface area contributed by atoms with Crippen molar-refractivity contribution in [1.82, 2.24) is 4.90 Å². The molecule has 0 bridgehead atoms. The second-order valence-electron chi connectivity index (χ2n) is 6.18. The van der Waals surface area contributed by atoms with Crippen LogP contribution in [0.15, 0.2) is 45.7 Å². The van der Waals surface area contributed by atoms with Gasteiger partial charge in [-0.3, -0.25) is 9.69 Å². The lowest BCUT2D eigenvalue weighted by Crippen LogP contribution is -2.39. The van der Waals surface area contributed by atoms with Crippen LogP contribution in [0.4, 0.5) is 5.00 Å². The lowest BCUT2D eigenvalue weighted by molar-refractivity contribution is 0.0242. The summed E-state index contributed by atoms with van der Waals surface area (Å²) in [5, 5.41) is 8.21. The van der Waals surface area contributed by atoms with Crippen LogP contribution in [0.2, 0.25) is 0 Å². The van der Waals surface area contributed by atoms with E-state index < -0.39 is 0 Å². The van der Waals surface area contributed by atoms with Gasteiger partial charge in [-0.1, -0.05) is 0 Å². The molecule has 0 unspecified atom stereocenters. The first kappa shape index (κ1) is 17.5. The van der Waals surface area contributed by atoms with E-state index in [2.05, 4.69) is 40.0 Å². The maximum atomic E-state index is 12.5. The summed E-state index contributed by atoms with van der Waals surface area (Å²) in [5.74, 6) is 0.101. The Balaban J connectivity index is 1.68. The Bertz CT molecular complexity index is 850. The second kappa shape index (κ2) is 7.75. The van der Waals surface area contributed by atoms with Crippen molar-refractivity contribution in [2.45, 2.75) is 13.0 Å². The summed E-state index contributed by atoms with van der Waals surface area (Å²) >= 11 is 3.30. The summed E-state index contributed by atoms with van der Waals surface area (Å²) in [6.45, 7) is 5.29. The largest absolute Gasteiger partial charge is 0.459 e. The normalized spacial score (nSPS) is 16.5. The second-order valence-corrected chi connectivity index (χ2v) is 8.22. The van der Waals surface area contributed by atoms with Crippen LogP contribution in [0.3, 0.4) is 0 Å². The molecule has 1 atom stereocenters. The molecule has 1 amide bonds. The third kappa shape index (κ3) is 3.61. The number of anilines is 1. The molecule has 5 nitrogen and oxygen atoms in total. The van der Waals surface area contributed by atoms with Gasteiger partial charge in [0.2, 0.25) is 0 Å². The SMILES string of the molecule is Cc1cc([C@@H](c2ccsc2)N2CCOCC2)c(NC(=O)c2ccco2)s1. The van der Waals surface area contributed by atoms with Gasteiger partial charge >= 0.3 is 0 Å². The lowest BCUT2D eigenvalue weighted by Gasteiger charge is -2.34. The van der Waals surface area contributed by atoms with Gasteiger partial charge in [0.25, 0.3) is 5.91 Å². The van der Waals surface area contributed by atoms with Gasteiger partial charge < -0.3 is 14.5 Å². The third-order valence-electron chi connectivity index (χ3n) is 4.42. The number of amides is 1. The molecule has 0 saturated carbocycles. The van der Waals surface area contributed by atoms with Crippen LogP contribution in [0, 0.1) is 6.92 Å². The zero-order chi connectivity index (χ0) is 17.9. The highest BCUT2D eigenvalue weighted by Gasteiger charge is 2.28. The molecule has 0 spiro atoms. The first-order valence-electron chi connectivity index (χ1n) is 8.51. The highest BCUT2D eigenvalue weighted by Crippen LogP contribution is 2.40. The Labute approximate surface area is 160 Å². The minimum absolute atomic E-state index is 0.113. The number of aryl methyl sites for hydroxylation is 1. The van der Waals surface area contributed by atoms with Crippen LogP contribution >= 0.6 is 22.7 Å². The molecule has 1 N–H and O–H groups in total. The lowest BCUT2D eigenvalue weighted by atomic mass is 10.0. The van der Waals surface area contributed by atoms with E-state index in [0.29, 0.717) is 5.76 Å². The first-order chi connectivity index (χ1) is 12.7. The summed E-state index contributed by atoms with van der Waals surface area (Å²) in [6.07, 6.45) is 1.51. The number of carbonyl (C=O) groups is 1. The Kier molecular flexibility index (Phi) is 5.21. The molecule has 0 aliphatic carbocycles. The fourth-order valence-electron chi connectivity index (χ4n) is 3.26. The van der Waals surface area contributed by atoms with Crippen LogP contribution < -0.4 is 5.32 Å². The first-order valence-corrected chi connectivity index (χ1v) is 10.3. The fourth-order valence-corrected chi connectivity index (χ4v) is 4.88. The van der Waals surface area contributed by atoms with Crippen molar-refractivity contribution in [3.8, 4) is 0 Å². The van der Waals surface area contributed by atoms with Crippen LogP contribution in [-0.2, 0) is 4.74 Å². The number of ether oxygens (including phenoxy) is 1. The maximum absolute atomic E-state index is 12.5. The van der Waals surface area contributed by atoms with E-state index in [4.69, 9.17) is 9.15 Å². The van der Waals surface area contributed by atoms with Crippen molar-refractivity contribution < 1.29 is 13.9 Å². The molecule has 3 aromatic rings. The van der Waals surface area contributed by atoms with Crippen molar-refractivity contribution in [3.63, 3.8) is 0 Å². The van der Waals surface area contributed by atoms with Gasteiger partial charge in [-0.15, -0.1) is 11.3 Å². The number of furan rings is 1. The topological polar surface area (TPSA) is 54.7 Å². The van der Waals surface area contributed by atoms with Gasteiger partial charge in [-0.25, -0.2) is 0 Å². The van der Waals surface area contributed by atoms with Crippen LogP contribution in [0.25, 0.3) is 0 Å². The van der Waals surface area contributed by atoms with Gasteiger partial charge in [0.1, 0.15) is 5.00 Å². The summed E-state index contributed by atoms with van der Waals surface area (Å²) in [4.78, 5) is 16.1. The molecule has 4 heterocycles. The number of nitrogens with one attached hydrogen (secondary N) is 1. The number of hydrogen-bond acceptors (Lipinski definition) is 6. The molecular formula is C19H20N2O3S2. The van der Waals surface area contributed by atoms with Gasteiger partial charge in [-0.2, -0.15) is 11.3 Å². The van der Waals surface area contributed by atoms with Crippen LogP contribution in [-0.4, -0.2) is 37.1 Å². The smallest absolute Gasteiger partial charge is 0.291 e. The predicted molar refractivity (Wildman–Crippen MR) is 104 cm³/mol. The molecule has 26 heavy (non-hydrogen) atoms. The van der Waals surface area contributed by atoms with E-state index in [1.807, 2.05) is 0 Å². The molecular weight excluding hydrogens is 368 g/mol. The third-order valence-corrected chi connectivity index (χ3v) is 6.10. The number of thiophene rings is 2. The molecule has 1 saturated heterocycles. The summed E-state index contributed by atoms with van der Waals surface area (Å²) < 4.78 is 10.8. The maximum Gasteiger partial charge on any atom is 0.291 e. The highest BCUT2D eigenvalue weighted by atomic mass is 32.1. The Hall–Kier alpha value is -1.93. The molecule has 7 heteroatoms. The van der Waals surface area contributed by atoms with E-state index in [9.17, 15) is 4.79 Å². The molecule has 3 aromatic heterocycles. The number of hydrogen-bond donors (Lipinski definition) is 1. The highest BCUT2D eigenvalue weighted by molar-refractivity contribution is 7.16. The molecule has 1 fully saturated rings. The molecule has 0 radical (unpaired) electrons. The average Bonchev–Trinajstić information content (AvgIpc) is 3.39. The molecule has 1 aliphatic rings. The van der Waals surface area contributed by atoms with Crippen LogP contribution in [0.1, 0.15) is 32.6 Å². The van der Waals surface area contributed by atoms with Crippen molar-refractivity contribution in [1.29, 1.82) is 0 Å². The molecule has 1 aliphatic heterocycles. The minimum atomic E-state index is -0.218. The minimum Gasteiger partial charge on any atom is -0.459 e. The Morgan fingerprint density at radius 2 is 2.15 bits per heavy atom. The van der Waals surface area contributed by atoms with Gasteiger partial charge in [-0.05, 0) is 47.5 Å². The number of morpholine rings is 1. The van der Waals surface area contributed by atoms with Crippen molar-refractivity contribution in [3.05, 3.63) is 63.1 Å². The van der Waals surface area contributed by atoms with Gasteiger partial charge in [0.05, 0.1) is 25.5 Å². The van der Waals surface area contributed by atoms with E-state index in [0.717, 1.165) is 36.9 Å². The molecule has 136 valence electrons. The van der Waals surface area contributed by atoms with E-state index in [1.54, 1.807) is 34.8 Å². The van der Waals surface area contributed by atoms with Gasteiger partial charge in [0.15, 0.2) is 5.76 Å². The van der Waals surface area contributed by atoms with E-state index in [1.165, 1.54) is 16.7 Å². The fraction of sp³-hybridized carbons (Fsp3) is 0.316. The van der Waals surface area contributed by atoms with Crippen molar-refractivity contribution in [2.24, 2.45) is 0 Å². The van der Waals surface area contributed by atoms with Crippen molar-refractivity contribution in [2.75, 3.05) is 31.6 Å². The monoisotopic (exact) mass is 388 g/mol. The zero-order valence-electron chi connectivity index (χ0n) is 14.4. The van der Waals surface area contributed by atoms with Crippen molar-refractivity contribution >= 4 is 33.6 Å². The number of rotatable bonds is 5. The summed E-state index contributed by atoms with van der Waals surface area (Å²) in [7, 11) is 0. The van der Waals surface area contributed by atoms with E-state index >= 15 is 0 Å². The predicted octanol–water partition coefficient (Wildman–Crippen LogP) is 4.38. The number of carbonyl (C=O) groups excluding carboxylic acids is 1. The van der Waals surface area contributed by atoms with Gasteiger partial charge in [0, 0.05) is 23.5 Å². The Morgan fingerprint density at radius 3 is 2.85 bits per heavy atom. The Morgan fingerprint density at radius 1 is 1.31 bits per heavy atom. The number of nitrogens with zero attached hydrogens (tertiary/aromatic N) is 1. The summed E-state index contributed by atoms with van der Waals surface area (Å²) in [6, 6.07) is 7.85. The molecule has 0 aromatic carbocycles.